The Bertz CT molecular complexity index is 1480. The summed E-state index contributed by atoms with van der Waals surface area (Å²) in [6, 6.07) is 4.92. The van der Waals surface area contributed by atoms with Crippen molar-refractivity contribution in [2.45, 2.75) is 38.3 Å². The van der Waals surface area contributed by atoms with Gasteiger partial charge in [-0.25, -0.2) is 24.0 Å². The smallest absolute Gasteiger partial charge is 0.164 e. The Labute approximate surface area is 195 Å². The second kappa shape index (κ2) is 7.47. The van der Waals surface area contributed by atoms with Crippen LogP contribution in [0.4, 0.5) is 15.9 Å². The van der Waals surface area contributed by atoms with Gasteiger partial charge in [0.2, 0.25) is 0 Å². The molecule has 1 aromatic carbocycles. The third kappa shape index (κ3) is 3.01. The lowest BCUT2D eigenvalue weighted by molar-refractivity contribution is 0.472. The number of nitrogens with two attached hydrogens (primary N) is 1. The number of benzene rings is 1. The quantitative estimate of drug-likeness (QED) is 0.484. The molecule has 0 amide bonds. The van der Waals surface area contributed by atoms with Crippen molar-refractivity contribution in [3.05, 3.63) is 54.9 Å². The van der Waals surface area contributed by atoms with E-state index in [0.717, 1.165) is 24.2 Å². The molecule has 172 valence electrons. The number of hydrogen-bond donors (Lipinski definition) is 1. The van der Waals surface area contributed by atoms with E-state index in [1.807, 2.05) is 24.0 Å². The minimum atomic E-state index is -0.312. The van der Waals surface area contributed by atoms with Crippen LogP contribution < -0.4 is 5.73 Å². The average Bonchev–Trinajstić information content (AvgIpc) is 3.44. The number of nitrogen functional groups attached to an aromatic ring is 1. The minimum Gasteiger partial charge on any atom is -0.383 e. The summed E-state index contributed by atoms with van der Waals surface area (Å²) in [4.78, 5) is 15.8. The van der Waals surface area contributed by atoms with Crippen LogP contribution in [0.5, 0.6) is 0 Å². The van der Waals surface area contributed by atoms with Crippen LogP contribution in [0.1, 0.15) is 37.8 Å². The van der Waals surface area contributed by atoms with Gasteiger partial charge in [-0.3, -0.25) is 4.68 Å². The molecule has 4 aromatic rings. The Morgan fingerprint density at radius 2 is 2.09 bits per heavy atom. The second-order valence-electron chi connectivity index (χ2n) is 8.73. The Morgan fingerprint density at radius 1 is 1.26 bits per heavy atom. The third-order valence-corrected chi connectivity index (χ3v) is 6.44. The van der Waals surface area contributed by atoms with Crippen molar-refractivity contribution in [3.8, 4) is 11.3 Å². The van der Waals surface area contributed by atoms with Crippen LogP contribution in [0, 0.1) is 5.82 Å². The zero-order valence-electron chi connectivity index (χ0n) is 19.0. The molecule has 0 saturated heterocycles. The van der Waals surface area contributed by atoms with Gasteiger partial charge in [0.25, 0.3) is 0 Å². The molecule has 0 radical (unpaired) electrons. The molecule has 34 heavy (non-hydrogen) atoms. The van der Waals surface area contributed by atoms with Gasteiger partial charge in [-0.05, 0) is 31.4 Å². The maximum absolute atomic E-state index is 14.7. The number of anilines is 1. The summed E-state index contributed by atoms with van der Waals surface area (Å²) < 4.78 is 18.3. The molecule has 4 heterocycles. The predicted molar refractivity (Wildman–Crippen MR) is 129 cm³/mol. The lowest BCUT2D eigenvalue weighted by atomic mass is 10.0. The van der Waals surface area contributed by atoms with Crippen molar-refractivity contribution in [2.24, 2.45) is 12.0 Å². The van der Waals surface area contributed by atoms with Crippen molar-refractivity contribution in [3.63, 3.8) is 0 Å². The summed E-state index contributed by atoms with van der Waals surface area (Å²) in [5.41, 5.74) is 10.1. The lowest BCUT2D eigenvalue weighted by Gasteiger charge is -2.36. The van der Waals surface area contributed by atoms with Gasteiger partial charge < -0.3 is 10.6 Å². The molecule has 2 aliphatic rings. The first-order valence-electron chi connectivity index (χ1n) is 11.3. The first-order valence-corrected chi connectivity index (χ1v) is 11.3. The van der Waals surface area contributed by atoms with E-state index >= 15 is 0 Å². The fraction of sp³-hybridized carbons (Fsp3) is 0.292. The van der Waals surface area contributed by atoms with Crippen molar-refractivity contribution >= 4 is 34.1 Å². The van der Waals surface area contributed by atoms with Crippen molar-refractivity contribution in [1.29, 1.82) is 0 Å². The van der Waals surface area contributed by atoms with E-state index in [0.29, 0.717) is 45.9 Å². The van der Waals surface area contributed by atoms with Gasteiger partial charge in [-0.1, -0.05) is 19.6 Å². The number of rotatable bonds is 5. The fourth-order valence-corrected chi connectivity index (χ4v) is 4.73. The van der Waals surface area contributed by atoms with E-state index in [1.54, 1.807) is 16.9 Å². The van der Waals surface area contributed by atoms with Crippen LogP contribution in [-0.2, 0) is 7.05 Å². The molecule has 1 unspecified atom stereocenters. The molecular formula is C24H24FN9. The van der Waals surface area contributed by atoms with Crippen LogP contribution in [-0.4, -0.2) is 46.3 Å². The number of amidine groups is 1. The lowest BCUT2D eigenvalue weighted by Crippen LogP contribution is -2.39. The molecule has 10 heteroatoms. The van der Waals surface area contributed by atoms with Gasteiger partial charge in [-0.15, -0.1) is 0 Å². The van der Waals surface area contributed by atoms with Gasteiger partial charge in [0.15, 0.2) is 5.65 Å². The molecule has 1 saturated carbocycles. The largest absolute Gasteiger partial charge is 0.383 e. The minimum absolute atomic E-state index is 0.243. The van der Waals surface area contributed by atoms with Crippen molar-refractivity contribution in [2.75, 3.05) is 5.73 Å². The molecule has 1 atom stereocenters. The predicted octanol–water partition coefficient (Wildman–Crippen LogP) is 4.08. The van der Waals surface area contributed by atoms with Gasteiger partial charge in [0.05, 0.1) is 22.8 Å². The van der Waals surface area contributed by atoms with Gasteiger partial charge in [0.1, 0.15) is 35.5 Å². The second-order valence-corrected chi connectivity index (χ2v) is 8.73. The summed E-state index contributed by atoms with van der Waals surface area (Å²) in [6.07, 6.45) is 7.78. The molecule has 3 aromatic heterocycles. The van der Waals surface area contributed by atoms with Crippen molar-refractivity contribution < 1.29 is 4.39 Å². The zero-order chi connectivity index (χ0) is 23.6. The molecule has 0 spiro atoms. The Balaban J connectivity index is 1.57. The number of aryl methyl sites for hydroxylation is 1. The molecule has 6 rings (SSSR count). The summed E-state index contributed by atoms with van der Waals surface area (Å²) >= 11 is 0. The SMILES string of the molecule is C=C1c2c(F)cccc2N=C(C(CC)n2nc(-c3cnn(C)c3)c3c(N)ncnc32)N1C1CC1. The summed E-state index contributed by atoms with van der Waals surface area (Å²) in [5, 5.41) is 9.92. The molecule has 1 aliphatic heterocycles. The van der Waals surface area contributed by atoms with Crippen LogP contribution in [0.2, 0.25) is 0 Å². The monoisotopic (exact) mass is 457 g/mol. The highest BCUT2D eigenvalue weighted by atomic mass is 19.1. The van der Waals surface area contributed by atoms with Crippen molar-refractivity contribution in [1.82, 2.24) is 34.4 Å². The standard InChI is InChI=1S/C24H24FN9/c1-4-18(23-30-17-7-5-6-16(25)19(17)13(2)33(23)15-8-9-15)34-24-20(22(26)27-12-28-24)21(31-34)14-10-29-32(3)11-14/h5-7,10-12,15,18H,2,4,8-9H2,1,3H3,(H2,26,27,28). The number of aliphatic imine (C=N–C) groups is 1. The number of nitrogens with zero attached hydrogens (tertiary/aromatic N) is 8. The Hall–Kier alpha value is -4.08. The number of fused-ring (bicyclic) bond motifs is 2. The summed E-state index contributed by atoms with van der Waals surface area (Å²) in [6.45, 7) is 6.34. The van der Waals surface area contributed by atoms with Crippen LogP contribution in [0.15, 0.2) is 48.5 Å². The molecular weight excluding hydrogens is 433 g/mol. The van der Waals surface area contributed by atoms with Crippen LogP contribution in [0.3, 0.4) is 0 Å². The number of halogens is 1. The number of aromatic nitrogens is 6. The maximum atomic E-state index is 14.7. The summed E-state index contributed by atoms with van der Waals surface area (Å²) in [5.74, 6) is 0.826. The first kappa shape index (κ1) is 20.5. The highest BCUT2D eigenvalue weighted by Gasteiger charge is 2.41. The maximum Gasteiger partial charge on any atom is 0.164 e. The van der Waals surface area contributed by atoms with E-state index in [4.69, 9.17) is 15.8 Å². The van der Waals surface area contributed by atoms with Crippen LogP contribution >= 0.6 is 0 Å². The van der Waals surface area contributed by atoms with E-state index in [-0.39, 0.29) is 17.9 Å². The van der Waals surface area contributed by atoms with E-state index in [2.05, 4.69) is 33.5 Å². The highest BCUT2D eigenvalue weighted by Crippen LogP contribution is 2.44. The van der Waals surface area contributed by atoms with Gasteiger partial charge >= 0.3 is 0 Å². The molecule has 1 fully saturated rings. The van der Waals surface area contributed by atoms with E-state index in [9.17, 15) is 4.39 Å². The molecule has 0 bridgehead atoms. The van der Waals surface area contributed by atoms with Gasteiger partial charge in [0, 0.05) is 30.5 Å². The Morgan fingerprint density at radius 3 is 2.79 bits per heavy atom. The van der Waals surface area contributed by atoms with Crippen LogP contribution in [0.25, 0.3) is 28.0 Å². The third-order valence-electron chi connectivity index (χ3n) is 6.44. The number of hydrogen-bond acceptors (Lipinski definition) is 7. The average molecular weight is 458 g/mol. The van der Waals surface area contributed by atoms with E-state index < -0.39 is 0 Å². The summed E-state index contributed by atoms with van der Waals surface area (Å²) in [7, 11) is 1.85. The molecule has 2 N–H and O–H groups in total. The van der Waals surface area contributed by atoms with E-state index in [1.165, 1.54) is 12.4 Å². The topological polar surface area (TPSA) is 103 Å². The molecule has 1 aliphatic carbocycles. The Kier molecular flexibility index (Phi) is 4.51. The fourth-order valence-electron chi connectivity index (χ4n) is 4.73. The molecule has 9 nitrogen and oxygen atoms in total. The normalized spacial score (nSPS) is 16.6. The zero-order valence-corrected chi connectivity index (χ0v) is 19.0. The highest BCUT2D eigenvalue weighted by molar-refractivity contribution is 6.03. The van der Waals surface area contributed by atoms with Gasteiger partial charge in [-0.2, -0.15) is 10.2 Å². The first-order chi connectivity index (χ1) is 16.5.